The molecule has 4 nitrogen and oxygen atoms in total. The van der Waals surface area contributed by atoms with Crippen LogP contribution in [-0.2, 0) is 15.3 Å². The molecule has 0 saturated carbocycles. The van der Waals surface area contributed by atoms with Gasteiger partial charge in [-0.3, -0.25) is 0 Å². The van der Waals surface area contributed by atoms with E-state index in [1.807, 2.05) is 0 Å². The van der Waals surface area contributed by atoms with E-state index in [2.05, 4.69) is 27.6 Å². The van der Waals surface area contributed by atoms with Crippen LogP contribution in [0.2, 0.25) is 0 Å². The van der Waals surface area contributed by atoms with Gasteiger partial charge in [0.25, 0.3) is 0 Å². The van der Waals surface area contributed by atoms with Crippen molar-refractivity contribution in [3.05, 3.63) is 0 Å². The number of hydrogen-bond acceptors (Lipinski definition) is 4. The van der Waals surface area contributed by atoms with E-state index in [9.17, 15) is 0 Å². The summed E-state index contributed by atoms with van der Waals surface area (Å²) in [4.78, 5) is 0. The molecule has 0 atom stereocenters. The van der Waals surface area contributed by atoms with Gasteiger partial charge in [-0.15, -0.1) is 0 Å². The molecule has 0 N–H and O–H groups in total. The maximum Gasteiger partial charge on any atom is 0 e. The summed E-state index contributed by atoms with van der Waals surface area (Å²) >= 11 is 4.74. The van der Waals surface area contributed by atoms with Gasteiger partial charge < -0.3 is 0 Å². The maximum absolute atomic E-state index is 8.54. The molecule has 0 aliphatic heterocycles. The fraction of sp³-hybridized carbons (Fsp3) is 0. The van der Waals surface area contributed by atoms with Crippen molar-refractivity contribution in [1.82, 2.24) is 0 Å². The number of rotatable bonds is 0. The predicted molar refractivity (Wildman–Crippen MR) is 26.4 cm³/mol. The zero-order valence-electron chi connectivity index (χ0n) is 3.21. The summed E-state index contributed by atoms with van der Waals surface area (Å²) in [6.07, 6.45) is 0. The Morgan fingerprint density at radius 1 is 1.12 bits per heavy atom. The minimum atomic E-state index is -3.79. The topological polar surface area (TPSA) is 60.4 Å². The largest absolute Gasteiger partial charge is 0 e. The molecule has 0 heterocycles. The second-order valence-electron chi connectivity index (χ2n) is 0.262. The molecule has 0 aromatic carbocycles. The average Bonchev–Trinajstić information content (AvgIpc) is 1.33. The molecular weight excluding hydrogens is 293 g/mol. The molecule has 50 valence electrons. The second kappa shape index (κ2) is 15.7. The van der Waals surface area contributed by atoms with E-state index in [-0.39, 0.29) is 17.1 Å². The molecule has 0 rings (SSSR count). The molecule has 0 aliphatic rings. The quantitative estimate of drug-likeness (QED) is 0.598. The van der Waals surface area contributed by atoms with Crippen molar-refractivity contribution in [1.29, 1.82) is 0 Å². The van der Waals surface area contributed by atoms with Gasteiger partial charge in [-0.2, -0.15) is 3.84 Å². The van der Waals surface area contributed by atoms with E-state index >= 15 is 0 Å². The summed E-state index contributed by atoms with van der Waals surface area (Å²) in [7, 11) is 0. The summed E-state index contributed by atoms with van der Waals surface area (Å²) in [6, 6.07) is 0. The van der Waals surface area contributed by atoms with E-state index in [0.717, 1.165) is 0 Å². The van der Waals surface area contributed by atoms with Crippen molar-refractivity contribution >= 4 is 54.5 Å². The number of halogens is 2. The summed E-state index contributed by atoms with van der Waals surface area (Å²) in [5, 5.41) is 0. The first-order valence-electron chi connectivity index (χ1n) is 0.809. The van der Waals surface area contributed by atoms with Gasteiger partial charge in [0.1, 0.15) is 0 Å². The third kappa shape index (κ3) is 260. The molecule has 0 spiro atoms. The van der Waals surface area contributed by atoms with Crippen LogP contribution in [0, 0.1) is 0 Å². The molecule has 0 aromatic rings. The zero-order valence-corrected chi connectivity index (χ0v) is 8.14. The fourth-order valence-corrected chi connectivity index (χ4v) is 0. The number of hydrogen-bond donors (Lipinski definition) is 0. The van der Waals surface area contributed by atoms with Crippen molar-refractivity contribution in [2.24, 2.45) is 0 Å². The molecule has 0 unspecified atom stereocenters. The molecule has 8 heavy (non-hydrogen) atoms. The molecule has 0 aliphatic carbocycles. The Bertz CT molecular complexity index is 92.2. The Hall–Kier alpha value is 0.979. The molecule has 0 bridgehead atoms. The van der Waals surface area contributed by atoms with Crippen molar-refractivity contribution in [3.8, 4) is 0 Å². The molecule has 0 saturated heterocycles. The standard InChI is InChI=1S/Cl2O.O3Se.Se/c1-3-2;1-4(2)3;. The van der Waals surface area contributed by atoms with E-state index in [1.165, 1.54) is 0 Å². The molecule has 0 amide bonds. The van der Waals surface area contributed by atoms with Crippen LogP contribution in [-0.4, -0.2) is 30.8 Å². The van der Waals surface area contributed by atoms with Crippen molar-refractivity contribution in [3.63, 3.8) is 0 Å². The van der Waals surface area contributed by atoms with E-state index in [4.69, 9.17) is 11.5 Å². The van der Waals surface area contributed by atoms with Gasteiger partial charge in [0.05, 0.1) is 23.7 Å². The minimum absolute atomic E-state index is 0. The van der Waals surface area contributed by atoms with E-state index in [0.29, 0.717) is 0 Å². The van der Waals surface area contributed by atoms with Crippen LogP contribution >= 0.6 is 23.7 Å². The Labute approximate surface area is 69.8 Å². The Kier molecular flexibility index (Phi) is 31.3. The Morgan fingerprint density at radius 3 is 1.12 bits per heavy atom. The van der Waals surface area contributed by atoms with Crippen LogP contribution in [0.25, 0.3) is 0 Å². The van der Waals surface area contributed by atoms with E-state index < -0.39 is 13.7 Å². The first kappa shape index (κ1) is 16.0. The zero-order chi connectivity index (χ0) is 6.28. The van der Waals surface area contributed by atoms with Crippen molar-refractivity contribution in [2.75, 3.05) is 0 Å². The summed E-state index contributed by atoms with van der Waals surface area (Å²) in [5.74, 6) is 0. The van der Waals surface area contributed by atoms with Gasteiger partial charge in [-0.1, -0.05) is 0 Å². The normalized spacial score (nSPS) is 5.25. The van der Waals surface area contributed by atoms with Gasteiger partial charge in [0, 0.05) is 17.1 Å². The first-order chi connectivity index (χ1) is 3.15. The van der Waals surface area contributed by atoms with Gasteiger partial charge in [0.15, 0.2) is 0 Å². The van der Waals surface area contributed by atoms with Crippen molar-refractivity contribution in [2.45, 2.75) is 0 Å². The van der Waals surface area contributed by atoms with Crippen LogP contribution in [0.1, 0.15) is 0 Å². The van der Waals surface area contributed by atoms with Gasteiger partial charge >= 0.3 is 25.2 Å². The fourth-order valence-electron chi connectivity index (χ4n) is 0. The first-order valence-corrected chi connectivity index (χ1v) is 3.52. The average molecular weight is 293 g/mol. The van der Waals surface area contributed by atoms with Crippen LogP contribution in [0.4, 0.5) is 0 Å². The Morgan fingerprint density at radius 2 is 1.12 bits per heavy atom. The van der Waals surface area contributed by atoms with Gasteiger partial charge in [0.2, 0.25) is 0 Å². The third-order valence-corrected chi connectivity index (χ3v) is 0. The molecule has 0 aromatic heterocycles. The van der Waals surface area contributed by atoms with Crippen LogP contribution < -0.4 is 0 Å². The van der Waals surface area contributed by atoms with Crippen LogP contribution in [0.15, 0.2) is 0 Å². The molecule has 8 heteroatoms. The van der Waals surface area contributed by atoms with Gasteiger partial charge in [-0.25, -0.2) is 0 Å². The smallest absolute Gasteiger partial charge is 0 e. The summed E-state index contributed by atoms with van der Waals surface area (Å²) in [5.41, 5.74) is 0. The SMILES string of the molecule is ClOCl.O=[Se](=O)=O.[Se]. The predicted octanol–water partition coefficient (Wildman–Crippen LogP) is 0.193. The summed E-state index contributed by atoms with van der Waals surface area (Å²) in [6.45, 7) is 0. The Balaban J connectivity index is -0.0000000575. The van der Waals surface area contributed by atoms with Crippen molar-refractivity contribution < 1.29 is 15.3 Å². The summed E-state index contributed by atoms with van der Waals surface area (Å²) < 4.78 is 28.8. The monoisotopic (exact) mass is 294 g/mol. The van der Waals surface area contributed by atoms with Crippen LogP contribution in [0.3, 0.4) is 0 Å². The van der Waals surface area contributed by atoms with Crippen LogP contribution in [0.5, 0.6) is 0 Å². The van der Waals surface area contributed by atoms with E-state index in [1.54, 1.807) is 0 Å². The maximum atomic E-state index is 8.54. The third-order valence-electron chi connectivity index (χ3n) is 0. The minimum Gasteiger partial charge on any atom is 0 e. The molecule has 0 fully saturated rings. The second-order valence-corrected chi connectivity index (χ2v) is 1.59. The van der Waals surface area contributed by atoms with Gasteiger partial charge in [-0.05, 0) is 0 Å². The molecular formula is Cl2O4Se2. The molecule has 2 radical (unpaired) electrons.